The van der Waals surface area contributed by atoms with Gasteiger partial charge in [0.2, 0.25) is 0 Å². The number of hydrogen-bond acceptors (Lipinski definition) is 8. The van der Waals surface area contributed by atoms with Gasteiger partial charge in [0, 0.05) is 17.1 Å². The Hall–Kier alpha value is -4.59. The van der Waals surface area contributed by atoms with E-state index in [0.29, 0.717) is 34.4 Å². The van der Waals surface area contributed by atoms with Crippen LogP contribution in [0, 0.1) is 13.8 Å². The van der Waals surface area contributed by atoms with E-state index in [1.54, 1.807) is 14.2 Å². The third-order valence-electron chi connectivity index (χ3n) is 5.55. The lowest BCUT2D eigenvalue weighted by atomic mass is 10.1. The highest BCUT2D eigenvalue weighted by Crippen LogP contribution is 2.37. The number of nitrogens with one attached hydrogen (secondary N) is 1. The molecule has 8 heteroatoms. The second kappa shape index (κ2) is 9.34. The number of rotatable bonds is 7. The van der Waals surface area contributed by atoms with Gasteiger partial charge in [0.1, 0.15) is 23.1 Å². The van der Waals surface area contributed by atoms with E-state index in [1.165, 1.54) is 0 Å². The molecule has 0 saturated carbocycles. The lowest BCUT2D eigenvalue weighted by Gasteiger charge is -2.14. The molecule has 0 aliphatic rings. The highest BCUT2D eigenvalue weighted by atomic mass is 16.5. The van der Waals surface area contributed by atoms with Crippen LogP contribution in [0.25, 0.3) is 22.3 Å². The van der Waals surface area contributed by atoms with Crippen LogP contribution in [0.15, 0.2) is 71.3 Å². The molecule has 176 valence electrons. The molecule has 0 radical (unpaired) electrons. The van der Waals surface area contributed by atoms with Crippen LogP contribution in [0.3, 0.4) is 0 Å². The fourth-order valence-corrected chi connectivity index (χ4v) is 3.83. The van der Waals surface area contributed by atoms with Crippen molar-refractivity contribution in [1.29, 1.82) is 0 Å². The summed E-state index contributed by atoms with van der Waals surface area (Å²) < 4.78 is 22.3. The first-order valence-corrected chi connectivity index (χ1v) is 11.0. The Morgan fingerprint density at radius 3 is 2.14 bits per heavy atom. The maximum absolute atomic E-state index is 5.90. The number of methoxy groups -OCH3 is 2. The number of ether oxygens (including phenoxy) is 3. The molecule has 0 saturated heterocycles. The zero-order chi connectivity index (χ0) is 24.4. The van der Waals surface area contributed by atoms with Gasteiger partial charge in [0.15, 0.2) is 17.3 Å². The number of para-hydroxylation sites is 1. The van der Waals surface area contributed by atoms with Crippen molar-refractivity contribution in [1.82, 2.24) is 15.1 Å². The summed E-state index contributed by atoms with van der Waals surface area (Å²) in [5.74, 6) is 4.45. The smallest absolute Gasteiger partial charge is 0.167 e. The summed E-state index contributed by atoms with van der Waals surface area (Å²) >= 11 is 0. The Kier molecular flexibility index (Phi) is 5.93. The van der Waals surface area contributed by atoms with Crippen LogP contribution >= 0.6 is 0 Å². The summed E-state index contributed by atoms with van der Waals surface area (Å²) in [6.45, 7) is 3.71. The number of fused-ring (bicyclic) bond motifs is 1. The Morgan fingerprint density at radius 1 is 0.800 bits per heavy atom. The number of anilines is 2. The molecule has 2 aromatic heterocycles. The molecular weight excluding hydrogens is 444 g/mol. The van der Waals surface area contributed by atoms with E-state index in [1.807, 2.05) is 80.6 Å². The average Bonchev–Trinajstić information content (AvgIpc) is 3.22. The van der Waals surface area contributed by atoms with Crippen molar-refractivity contribution in [2.75, 3.05) is 19.5 Å². The van der Waals surface area contributed by atoms with Crippen LogP contribution in [0.5, 0.6) is 23.0 Å². The summed E-state index contributed by atoms with van der Waals surface area (Å²) in [6.07, 6.45) is 0. The van der Waals surface area contributed by atoms with Gasteiger partial charge in [-0.05, 0) is 56.3 Å². The van der Waals surface area contributed by atoms with Crippen molar-refractivity contribution in [3.63, 3.8) is 0 Å². The van der Waals surface area contributed by atoms with Gasteiger partial charge in [-0.3, -0.25) is 0 Å². The molecule has 1 N–H and O–H groups in total. The molecule has 0 amide bonds. The quantitative estimate of drug-likeness (QED) is 0.291. The van der Waals surface area contributed by atoms with Crippen molar-refractivity contribution in [2.24, 2.45) is 0 Å². The second-order valence-corrected chi connectivity index (χ2v) is 7.88. The van der Waals surface area contributed by atoms with E-state index in [-0.39, 0.29) is 0 Å². The van der Waals surface area contributed by atoms with Gasteiger partial charge in [0.25, 0.3) is 0 Å². The molecule has 5 aromatic rings. The van der Waals surface area contributed by atoms with E-state index in [0.717, 1.165) is 33.8 Å². The lowest BCUT2D eigenvalue weighted by Crippen LogP contribution is -2.01. The van der Waals surface area contributed by atoms with Gasteiger partial charge in [-0.2, -0.15) is 0 Å². The maximum Gasteiger partial charge on any atom is 0.167 e. The number of benzene rings is 3. The molecule has 0 aliphatic heterocycles. The Morgan fingerprint density at radius 2 is 1.49 bits per heavy atom. The lowest BCUT2D eigenvalue weighted by molar-refractivity contribution is 0.356. The molecule has 8 nitrogen and oxygen atoms in total. The molecule has 0 atom stereocenters. The third-order valence-corrected chi connectivity index (χ3v) is 5.55. The summed E-state index contributed by atoms with van der Waals surface area (Å²) in [6, 6.07) is 21.0. The van der Waals surface area contributed by atoms with Crippen molar-refractivity contribution >= 4 is 22.4 Å². The molecule has 35 heavy (non-hydrogen) atoms. The van der Waals surface area contributed by atoms with E-state index in [4.69, 9.17) is 28.7 Å². The minimum atomic E-state index is 0.507. The highest BCUT2D eigenvalue weighted by molar-refractivity contribution is 5.94. The molecular formula is C27H24N4O4. The molecule has 0 fully saturated rings. The Bertz CT molecular complexity index is 1460. The first-order chi connectivity index (χ1) is 17.1. The normalized spacial score (nSPS) is 10.9. The van der Waals surface area contributed by atoms with Crippen LogP contribution in [-0.4, -0.2) is 29.3 Å². The van der Waals surface area contributed by atoms with E-state index < -0.39 is 0 Å². The monoisotopic (exact) mass is 468 g/mol. The van der Waals surface area contributed by atoms with Crippen molar-refractivity contribution < 1.29 is 18.7 Å². The second-order valence-electron chi connectivity index (χ2n) is 7.88. The number of aromatic nitrogens is 3. The van der Waals surface area contributed by atoms with Crippen LogP contribution in [0.2, 0.25) is 0 Å². The van der Waals surface area contributed by atoms with E-state index >= 15 is 0 Å². The molecule has 0 aliphatic carbocycles. The van der Waals surface area contributed by atoms with Crippen LogP contribution in [0.1, 0.15) is 11.5 Å². The summed E-state index contributed by atoms with van der Waals surface area (Å²) in [5, 5.41) is 8.25. The number of aryl methyl sites for hydroxylation is 2. The molecule has 3 aromatic carbocycles. The van der Waals surface area contributed by atoms with Crippen LogP contribution in [0.4, 0.5) is 11.5 Å². The fraction of sp³-hybridized carbons (Fsp3) is 0.148. The van der Waals surface area contributed by atoms with Gasteiger partial charge < -0.3 is 24.1 Å². The summed E-state index contributed by atoms with van der Waals surface area (Å²) in [4.78, 5) is 9.61. The Balaban J connectivity index is 1.56. The fourth-order valence-electron chi connectivity index (χ4n) is 3.83. The topological polar surface area (TPSA) is 91.5 Å². The van der Waals surface area contributed by atoms with Crippen molar-refractivity contribution in [3.8, 4) is 34.4 Å². The molecule has 0 bridgehead atoms. The van der Waals surface area contributed by atoms with Crippen LogP contribution < -0.4 is 19.5 Å². The zero-order valence-electron chi connectivity index (χ0n) is 19.8. The number of nitrogens with zero attached hydrogens (tertiary/aromatic N) is 3. The van der Waals surface area contributed by atoms with Gasteiger partial charge in [-0.1, -0.05) is 23.4 Å². The van der Waals surface area contributed by atoms with E-state index in [2.05, 4.69) is 10.5 Å². The van der Waals surface area contributed by atoms with E-state index in [9.17, 15) is 0 Å². The van der Waals surface area contributed by atoms with Gasteiger partial charge >= 0.3 is 0 Å². The zero-order valence-corrected chi connectivity index (χ0v) is 19.8. The van der Waals surface area contributed by atoms with Crippen molar-refractivity contribution in [3.05, 3.63) is 78.2 Å². The first kappa shape index (κ1) is 22.2. The molecule has 0 unspecified atom stereocenters. The molecule has 2 heterocycles. The minimum Gasteiger partial charge on any atom is -0.493 e. The molecule has 0 spiro atoms. The minimum absolute atomic E-state index is 0.507. The van der Waals surface area contributed by atoms with Crippen LogP contribution in [-0.2, 0) is 0 Å². The predicted molar refractivity (Wildman–Crippen MR) is 134 cm³/mol. The SMILES string of the molecule is COc1cc2nc(-c3c(C)noc3C)nc(Nc3ccc(Oc4ccccc4)cc3)c2cc1OC. The maximum atomic E-state index is 5.90. The standard InChI is InChI=1S/C27H24N4O4/c1-16-25(17(2)35-31-16)27-29-22-15-24(33-4)23(32-3)14-21(22)26(30-27)28-18-10-12-20(13-11-18)34-19-8-6-5-7-9-19/h5-15H,1-4H3,(H,28,29,30). The predicted octanol–water partition coefficient (Wildman–Crippen LogP) is 6.45. The summed E-state index contributed by atoms with van der Waals surface area (Å²) in [5.41, 5.74) is 3.01. The summed E-state index contributed by atoms with van der Waals surface area (Å²) in [7, 11) is 3.19. The third kappa shape index (κ3) is 4.46. The first-order valence-electron chi connectivity index (χ1n) is 11.0. The van der Waals surface area contributed by atoms with Crippen molar-refractivity contribution in [2.45, 2.75) is 13.8 Å². The largest absolute Gasteiger partial charge is 0.493 e. The highest BCUT2D eigenvalue weighted by Gasteiger charge is 2.19. The van der Waals surface area contributed by atoms with Gasteiger partial charge in [-0.25, -0.2) is 9.97 Å². The van der Waals surface area contributed by atoms with Gasteiger partial charge in [0.05, 0.1) is 31.0 Å². The number of hydrogen-bond donors (Lipinski definition) is 1. The Labute approximate surface area is 202 Å². The average molecular weight is 469 g/mol. The molecule has 5 rings (SSSR count). The van der Waals surface area contributed by atoms with Gasteiger partial charge in [-0.15, -0.1) is 0 Å².